The Labute approximate surface area is 112 Å². The fourth-order valence-electron chi connectivity index (χ4n) is 1.87. The Bertz CT molecular complexity index is 736. The van der Waals surface area contributed by atoms with Gasteiger partial charge in [-0.1, -0.05) is 24.3 Å². The summed E-state index contributed by atoms with van der Waals surface area (Å²) in [4.78, 5) is -0.279. The van der Waals surface area contributed by atoms with Gasteiger partial charge in [-0.15, -0.1) is 0 Å². The maximum absolute atomic E-state index is 13.6. The second-order valence-corrected chi connectivity index (χ2v) is 6.35. The molecule has 0 amide bonds. The van der Waals surface area contributed by atoms with Gasteiger partial charge < -0.3 is 0 Å². The molecule has 20 heavy (non-hydrogen) atoms. The average molecular weight is 306 g/mol. The van der Waals surface area contributed by atoms with E-state index in [2.05, 4.69) is 0 Å². The summed E-state index contributed by atoms with van der Waals surface area (Å²) >= 11 is 0. The molecule has 0 saturated heterocycles. The molecule has 0 N–H and O–H groups in total. The Kier molecular flexibility index (Phi) is 3.73. The largest absolute Gasteiger partial charge is 0.390 e. The molecule has 0 atom stereocenters. The lowest BCUT2D eigenvalue weighted by Crippen LogP contribution is -2.16. The molecule has 2 aromatic rings. The Morgan fingerprint density at radius 1 is 0.950 bits per heavy atom. The van der Waals surface area contributed by atoms with Crippen molar-refractivity contribution in [3.63, 3.8) is 0 Å². The van der Waals surface area contributed by atoms with Crippen molar-refractivity contribution in [2.75, 3.05) is 5.75 Å². The summed E-state index contributed by atoms with van der Waals surface area (Å²) in [5.74, 6) is -1.66. The third-order valence-corrected chi connectivity index (χ3v) is 4.59. The van der Waals surface area contributed by atoms with Gasteiger partial charge in [-0.05, 0) is 12.1 Å². The molecule has 0 fully saturated rings. The Balaban J connectivity index is 2.50. The van der Waals surface area contributed by atoms with E-state index < -0.39 is 34.0 Å². The molecule has 0 bridgehead atoms. The number of halogens is 4. The van der Waals surface area contributed by atoms with Crippen molar-refractivity contribution in [2.24, 2.45) is 0 Å². The molecule has 108 valence electrons. The topological polar surface area (TPSA) is 34.1 Å². The number of fused-ring (bicyclic) bond motifs is 1. The number of alkyl halides is 3. The lowest BCUT2D eigenvalue weighted by Gasteiger charge is -2.10. The zero-order chi connectivity index (χ0) is 15.0. The monoisotopic (exact) mass is 306 g/mol. The maximum Gasteiger partial charge on any atom is 0.390 e. The van der Waals surface area contributed by atoms with Crippen LogP contribution in [0.2, 0.25) is 0 Å². The first-order valence-electron chi connectivity index (χ1n) is 5.67. The van der Waals surface area contributed by atoms with Gasteiger partial charge in [-0.3, -0.25) is 0 Å². The summed E-state index contributed by atoms with van der Waals surface area (Å²) in [6, 6.07) is 7.74. The van der Waals surface area contributed by atoms with Gasteiger partial charge in [0.05, 0.1) is 17.1 Å². The third-order valence-electron chi connectivity index (χ3n) is 2.82. The van der Waals surface area contributed by atoms with Crippen LogP contribution in [0.25, 0.3) is 10.8 Å². The molecule has 0 radical (unpaired) electrons. The molecule has 2 nitrogen and oxygen atoms in total. The van der Waals surface area contributed by atoms with Gasteiger partial charge in [0.2, 0.25) is 0 Å². The minimum absolute atomic E-state index is 0.0700. The van der Waals surface area contributed by atoms with Crippen LogP contribution in [-0.4, -0.2) is 20.3 Å². The van der Waals surface area contributed by atoms with E-state index >= 15 is 0 Å². The van der Waals surface area contributed by atoms with Crippen molar-refractivity contribution in [1.29, 1.82) is 0 Å². The van der Waals surface area contributed by atoms with Gasteiger partial charge in [0.1, 0.15) is 5.82 Å². The Morgan fingerprint density at radius 3 is 2.15 bits per heavy atom. The lowest BCUT2D eigenvalue weighted by atomic mass is 10.1. The first-order valence-corrected chi connectivity index (χ1v) is 7.33. The molecule has 0 aliphatic carbocycles. The molecular weight excluding hydrogens is 296 g/mol. The second-order valence-electron chi connectivity index (χ2n) is 4.28. The number of benzene rings is 2. The summed E-state index contributed by atoms with van der Waals surface area (Å²) in [5.41, 5.74) is 0. The quantitative estimate of drug-likeness (QED) is 0.640. The van der Waals surface area contributed by atoms with E-state index in [1.54, 1.807) is 0 Å². The van der Waals surface area contributed by atoms with E-state index in [0.717, 1.165) is 12.1 Å². The molecule has 0 spiro atoms. The highest BCUT2D eigenvalue weighted by molar-refractivity contribution is 7.91. The van der Waals surface area contributed by atoms with Crippen LogP contribution in [-0.2, 0) is 9.84 Å². The van der Waals surface area contributed by atoms with Crippen LogP contribution in [0.1, 0.15) is 6.42 Å². The van der Waals surface area contributed by atoms with E-state index in [0.29, 0.717) is 0 Å². The number of hydrogen-bond donors (Lipinski definition) is 0. The van der Waals surface area contributed by atoms with Crippen molar-refractivity contribution in [2.45, 2.75) is 17.5 Å². The first-order chi connectivity index (χ1) is 9.21. The minimum atomic E-state index is -4.55. The summed E-state index contributed by atoms with van der Waals surface area (Å²) < 4.78 is 74.0. The van der Waals surface area contributed by atoms with Crippen molar-refractivity contribution in [3.8, 4) is 0 Å². The Hall–Kier alpha value is -1.63. The zero-order valence-corrected chi connectivity index (χ0v) is 10.9. The molecule has 0 aliphatic heterocycles. The summed E-state index contributed by atoms with van der Waals surface area (Å²) in [7, 11) is -4.12. The van der Waals surface area contributed by atoms with Crippen LogP contribution in [0.4, 0.5) is 17.6 Å². The highest BCUT2D eigenvalue weighted by Crippen LogP contribution is 2.28. The first kappa shape index (κ1) is 14.8. The van der Waals surface area contributed by atoms with Gasteiger partial charge in [0.15, 0.2) is 9.84 Å². The van der Waals surface area contributed by atoms with E-state index in [-0.39, 0.29) is 15.7 Å². The molecule has 2 rings (SSSR count). The summed E-state index contributed by atoms with van der Waals surface area (Å²) in [5, 5.41) is 0.162. The normalized spacial score (nSPS) is 12.8. The van der Waals surface area contributed by atoms with Gasteiger partial charge in [0.25, 0.3) is 0 Å². The van der Waals surface area contributed by atoms with Crippen molar-refractivity contribution in [3.05, 3.63) is 42.2 Å². The van der Waals surface area contributed by atoms with Gasteiger partial charge in [0, 0.05) is 10.8 Å². The van der Waals surface area contributed by atoms with Gasteiger partial charge in [-0.2, -0.15) is 13.2 Å². The predicted octanol–water partition coefficient (Wildman–Crippen LogP) is 3.71. The molecule has 0 heterocycles. The molecule has 0 aliphatic rings. The van der Waals surface area contributed by atoms with Crippen LogP contribution >= 0.6 is 0 Å². The van der Waals surface area contributed by atoms with Gasteiger partial charge >= 0.3 is 6.18 Å². The van der Waals surface area contributed by atoms with Gasteiger partial charge in [-0.25, -0.2) is 12.8 Å². The molecular formula is C13H10F4O2S. The molecule has 7 heteroatoms. The highest BCUT2D eigenvalue weighted by atomic mass is 32.2. The van der Waals surface area contributed by atoms with E-state index in [1.165, 1.54) is 24.3 Å². The van der Waals surface area contributed by atoms with Crippen molar-refractivity contribution >= 4 is 20.6 Å². The van der Waals surface area contributed by atoms with Crippen molar-refractivity contribution < 1.29 is 26.0 Å². The van der Waals surface area contributed by atoms with E-state index in [9.17, 15) is 26.0 Å². The number of rotatable bonds is 3. The predicted molar refractivity (Wildman–Crippen MR) is 66.6 cm³/mol. The standard InChI is InChI=1S/C13H10F4O2S/c14-11-5-6-12(10-4-2-1-3-9(10)11)20(18,19)8-7-13(15,16)17/h1-6H,7-8H2. The fraction of sp³-hybridized carbons (Fsp3) is 0.231. The third kappa shape index (κ3) is 3.09. The zero-order valence-electron chi connectivity index (χ0n) is 10.1. The molecule has 0 unspecified atom stereocenters. The maximum atomic E-state index is 13.6. The average Bonchev–Trinajstić information content (AvgIpc) is 2.36. The van der Waals surface area contributed by atoms with Crippen LogP contribution in [0.15, 0.2) is 41.3 Å². The smallest absolute Gasteiger partial charge is 0.224 e. The molecule has 0 aromatic heterocycles. The summed E-state index contributed by atoms with van der Waals surface area (Å²) in [6.07, 6.45) is -5.98. The number of hydrogen-bond acceptors (Lipinski definition) is 2. The van der Waals surface area contributed by atoms with Crippen LogP contribution in [0.3, 0.4) is 0 Å². The summed E-state index contributed by atoms with van der Waals surface area (Å²) in [6.45, 7) is 0. The molecule has 2 aromatic carbocycles. The van der Waals surface area contributed by atoms with E-state index in [1.807, 2.05) is 0 Å². The Morgan fingerprint density at radius 2 is 1.55 bits per heavy atom. The van der Waals surface area contributed by atoms with Crippen LogP contribution in [0, 0.1) is 5.82 Å². The SMILES string of the molecule is O=S(=O)(CCC(F)(F)F)c1ccc(F)c2ccccc12. The number of sulfone groups is 1. The second kappa shape index (κ2) is 5.05. The van der Waals surface area contributed by atoms with Crippen LogP contribution < -0.4 is 0 Å². The van der Waals surface area contributed by atoms with E-state index in [4.69, 9.17) is 0 Å². The fourth-order valence-corrected chi connectivity index (χ4v) is 3.37. The minimum Gasteiger partial charge on any atom is -0.224 e. The van der Waals surface area contributed by atoms with Crippen molar-refractivity contribution in [1.82, 2.24) is 0 Å². The lowest BCUT2D eigenvalue weighted by molar-refractivity contribution is -0.129. The highest BCUT2D eigenvalue weighted by Gasteiger charge is 2.31. The van der Waals surface area contributed by atoms with Crippen LogP contribution in [0.5, 0.6) is 0 Å². The molecule has 0 saturated carbocycles.